The first-order valence-corrected chi connectivity index (χ1v) is 6.04. The van der Waals surface area contributed by atoms with E-state index in [1.165, 1.54) is 13.2 Å². The second-order valence-corrected chi connectivity index (χ2v) is 4.62. The van der Waals surface area contributed by atoms with E-state index >= 15 is 0 Å². The highest BCUT2D eigenvalue weighted by atomic mass is 16.6. The van der Waals surface area contributed by atoms with Crippen LogP contribution in [0.3, 0.4) is 0 Å². The third kappa shape index (κ3) is 4.59. The third-order valence-electron chi connectivity index (χ3n) is 2.94. The zero-order chi connectivity index (χ0) is 14.4. The molecule has 0 bridgehead atoms. The van der Waals surface area contributed by atoms with Crippen molar-refractivity contribution < 1.29 is 14.8 Å². The highest BCUT2D eigenvalue weighted by Crippen LogP contribution is 2.21. The average Bonchev–Trinajstić information content (AvgIpc) is 2.31. The Labute approximate surface area is 112 Å². The van der Waals surface area contributed by atoms with Gasteiger partial charge >= 0.3 is 0 Å². The standard InChI is InChI=1S/C13H20N2O4/c1-10-11(5-4-6-13(10)15(17)18)7-14(2)8-12(16)9-19-3/h4-6,12,16H,7-9H2,1-3H3. The molecule has 1 unspecified atom stereocenters. The Bertz CT molecular complexity index is 437. The molecule has 0 saturated carbocycles. The summed E-state index contributed by atoms with van der Waals surface area (Å²) in [5.74, 6) is 0. The van der Waals surface area contributed by atoms with Gasteiger partial charge in [-0.05, 0) is 19.5 Å². The number of nitrogens with zero attached hydrogens (tertiary/aromatic N) is 2. The van der Waals surface area contributed by atoms with Crippen molar-refractivity contribution in [2.75, 3.05) is 27.3 Å². The molecule has 1 aromatic carbocycles. The minimum absolute atomic E-state index is 0.128. The molecule has 1 atom stereocenters. The number of nitro groups is 1. The Morgan fingerprint density at radius 1 is 1.53 bits per heavy atom. The lowest BCUT2D eigenvalue weighted by Crippen LogP contribution is -2.31. The van der Waals surface area contributed by atoms with Crippen molar-refractivity contribution in [2.24, 2.45) is 0 Å². The molecule has 1 N–H and O–H groups in total. The van der Waals surface area contributed by atoms with Crippen LogP contribution in [0.25, 0.3) is 0 Å². The molecule has 0 aliphatic carbocycles. The van der Waals surface area contributed by atoms with E-state index in [1.807, 2.05) is 18.0 Å². The van der Waals surface area contributed by atoms with Crippen LogP contribution in [0, 0.1) is 17.0 Å². The van der Waals surface area contributed by atoms with Crippen LogP contribution in [0.5, 0.6) is 0 Å². The molecule has 106 valence electrons. The first-order chi connectivity index (χ1) is 8.95. The van der Waals surface area contributed by atoms with Crippen molar-refractivity contribution in [3.8, 4) is 0 Å². The fourth-order valence-corrected chi connectivity index (χ4v) is 2.00. The van der Waals surface area contributed by atoms with Gasteiger partial charge in [-0.15, -0.1) is 0 Å². The van der Waals surface area contributed by atoms with Crippen molar-refractivity contribution in [2.45, 2.75) is 19.6 Å². The summed E-state index contributed by atoms with van der Waals surface area (Å²) in [7, 11) is 3.39. The third-order valence-corrected chi connectivity index (χ3v) is 2.94. The number of aliphatic hydroxyl groups excluding tert-OH is 1. The quantitative estimate of drug-likeness (QED) is 0.596. The second-order valence-electron chi connectivity index (χ2n) is 4.62. The number of methoxy groups -OCH3 is 1. The molecule has 0 aromatic heterocycles. The van der Waals surface area contributed by atoms with Gasteiger partial charge in [0.05, 0.1) is 17.6 Å². The summed E-state index contributed by atoms with van der Waals surface area (Å²) < 4.78 is 4.86. The first kappa shape index (κ1) is 15.6. The molecule has 0 heterocycles. The maximum atomic E-state index is 10.9. The van der Waals surface area contributed by atoms with Crippen LogP contribution >= 0.6 is 0 Å². The molecule has 0 fully saturated rings. The summed E-state index contributed by atoms with van der Waals surface area (Å²) in [6.07, 6.45) is -0.561. The number of hydrogen-bond donors (Lipinski definition) is 1. The van der Waals surface area contributed by atoms with E-state index in [0.29, 0.717) is 18.7 Å². The van der Waals surface area contributed by atoms with E-state index in [-0.39, 0.29) is 17.2 Å². The van der Waals surface area contributed by atoms with Crippen LogP contribution < -0.4 is 0 Å². The normalized spacial score (nSPS) is 12.7. The highest BCUT2D eigenvalue weighted by Gasteiger charge is 2.15. The highest BCUT2D eigenvalue weighted by molar-refractivity contribution is 5.44. The van der Waals surface area contributed by atoms with E-state index in [0.717, 1.165) is 5.56 Å². The van der Waals surface area contributed by atoms with E-state index in [9.17, 15) is 15.2 Å². The summed E-state index contributed by atoms with van der Waals surface area (Å²) in [5, 5.41) is 20.5. The molecule has 0 spiro atoms. The number of ether oxygens (including phenoxy) is 1. The molecule has 0 radical (unpaired) electrons. The molecule has 0 amide bonds. The maximum Gasteiger partial charge on any atom is 0.272 e. The molecule has 0 aliphatic rings. The first-order valence-electron chi connectivity index (χ1n) is 6.04. The van der Waals surface area contributed by atoms with Crippen molar-refractivity contribution in [3.63, 3.8) is 0 Å². The minimum atomic E-state index is -0.561. The van der Waals surface area contributed by atoms with Gasteiger partial charge in [-0.3, -0.25) is 15.0 Å². The summed E-state index contributed by atoms with van der Waals surface area (Å²) in [5.41, 5.74) is 1.69. The van der Waals surface area contributed by atoms with Crippen molar-refractivity contribution >= 4 is 5.69 Å². The van der Waals surface area contributed by atoms with E-state index < -0.39 is 6.10 Å². The van der Waals surface area contributed by atoms with Crippen molar-refractivity contribution in [3.05, 3.63) is 39.4 Å². The lowest BCUT2D eigenvalue weighted by Gasteiger charge is -2.21. The molecule has 1 aromatic rings. The van der Waals surface area contributed by atoms with Gasteiger partial charge in [0.15, 0.2) is 0 Å². The Morgan fingerprint density at radius 3 is 2.79 bits per heavy atom. The van der Waals surface area contributed by atoms with Gasteiger partial charge < -0.3 is 9.84 Å². The second kappa shape index (κ2) is 7.18. The summed E-state index contributed by atoms with van der Waals surface area (Å²) in [6.45, 7) is 3.02. The van der Waals surface area contributed by atoms with Gasteiger partial charge in [0.25, 0.3) is 5.69 Å². The molecular formula is C13H20N2O4. The van der Waals surface area contributed by atoms with E-state index in [2.05, 4.69) is 0 Å². The Morgan fingerprint density at radius 2 is 2.21 bits per heavy atom. The monoisotopic (exact) mass is 268 g/mol. The minimum Gasteiger partial charge on any atom is -0.389 e. The number of likely N-dealkylation sites (N-methyl/N-ethyl adjacent to an activating group) is 1. The van der Waals surface area contributed by atoms with Crippen molar-refractivity contribution in [1.29, 1.82) is 0 Å². The lowest BCUT2D eigenvalue weighted by molar-refractivity contribution is -0.385. The molecule has 19 heavy (non-hydrogen) atoms. The van der Waals surface area contributed by atoms with Crippen molar-refractivity contribution in [1.82, 2.24) is 4.90 Å². The Kier molecular flexibility index (Phi) is 5.88. The number of nitro benzene ring substituents is 1. The molecular weight excluding hydrogens is 248 g/mol. The topological polar surface area (TPSA) is 75.8 Å². The van der Waals surface area contributed by atoms with Gasteiger partial charge in [-0.1, -0.05) is 12.1 Å². The van der Waals surface area contributed by atoms with Crippen LogP contribution in [0.2, 0.25) is 0 Å². The predicted molar refractivity (Wildman–Crippen MR) is 72.1 cm³/mol. The SMILES string of the molecule is COCC(O)CN(C)Cc1cccc([N+](=O)[O-])c1C. The molecule has 6 heteroatoms. The number of hydrogen-bond acceptors (Lipinski definition) is 5. The van der Waals surface area contributed by atoms with Gasteiger partial charge in [-0.2, -0.15) is 0 Å². The number of rotatable bonds is 7. The van der Waals surface area contributed by atoms with Gasteiger partial charge in [-0.25, -0.2) is 0 Å². The average molecular weight is 268 g/mol. The van der Waals surface area contributed by atoms with Crippen LogP contribution in [0.15, 0.2) is 18.2 Å². The predicted octanol–water partition coefficient (Wildman–Crippen LogP) is 1.34. The largest absolute Gasteiger partial charge is 0.389 e. The van der Waals surface area contributed by atoms with E-state index in [4.69, 9.17) is 4.74 Å². The zero-order valence-corrected chi connectivity index (χ0v) is 11.5. The summed E-state index contributed by atoms with van der Waals surface area (Å²) in [4.78, 5) is 12.4. The Balaban J connectivity index is 2.71. The van der Waals surface area contributed by atoms with Crippen LogP contribution in [-0.4, -0.2) is 48.3 Å². The molecule has 1 rings (SSSR count). The molecule has 0 saturated heterocycles. The Hall–Kier alpha value is -1.50. The maximum absolute atomic E-state index is 10.9. The molecule has 6 nitrogen and oxygen atoms in total. The smallest absolute Gasteiger partial charge is 0.272 e. The molecule has 0 aliphatic heterocycles. The zero-order valence-electron chi connectivity index (χ0n) is 11.5. The summed E-state index contributed by atoms with van der Waals surface area (Å²) >= 11 is 0. The fourth-order valence-electron chi connectivity index (χ4n) is 2.00. The van der Waals surface area contributed by atoms with Crippen LogP contribution in [0.1, 0.15) is 11.1 Å². The van der Waals surface area contributed by atoms with Gasteiger partial charge in [0.2, 0.25) is 0 Å². The summed E-state index contributed by atoms with van der Waals surface area (Å²) in [6, 6.07) is 5.04. The lowest BCUT2D eigenvalue weighted by atomic mass is 10.1. The van der Waals surface area contributed by atoms with Gasteiger partial charge in [0.1, 0.15) is 0 Å². The fraction of sp³-hybridized carbons (Fsp3) is 0.538. The van der Waals surface area contributed by atoms with E-state index in [1.54, 1.807) is 13.0 Å². The number of aliphatic hydroxyl groups is 1. The van der Waals surface area contributed by atoms with Gasteiger partial charge in [0, 0.05) is 31.8 Å². The van der Waals surface area contributed by atoms with Crippen LogP contribution in [-0.2, 0) is 11.3 Å². The van der Waals surface area contributed by atoms with Crippen LogP contribution in [0.4, 0.5) is 5.69 Å². The number of benzene rings is 1.